The van der Waals surface area contributed by atoms with Crippen LogP contribution in [0.5, 0.6) is 0 Å². The average Bonchev–Trinajstić information content (AvgIpc) is 2.03. The molecular formula is C7H19N3S2. The molecule has 3 nitrogen and oxygen atoms in total. The van der Waals surface area contributed by atoms with E-state index in [2.05, 4.69) is 47.3 Å². The molecule has 0 unspecified atom stereocenters. The highest BCUT2D eigenvalue weighted by atomic mass is 32.2. The molecule has 0 N–H and O–H groups in total. The van der Waals surface area contributed by atoms with Crippen molar-refractivity contribution >= 4 is 24.3 Å². The van der Waals surface area contributed by atoms with Crippen molar-refractivity contribution in [1.82, 2.24) is 12.3 Å². The first-order valence-electron chi connectivity index (χ1n) is 4.12. The zero-order valence-electron chi connectivity index (χ0n) is 8.57. The Bertz CT molecular complexity index is 101. The molecule has 0 fully saturated rings. The molecular weight excluding hydrogens is 190 g/mol. The van der Waals surface area contributed by atoms with Gasteiger partial charge in [-0.1, -0.05) is 13.8 Å². The normalized spacial score (nSPS) is 12.0. The molecule has 0 radical (unpaired) electrons. The standard InChI is InChI=1S/C7H19N3S2/c1-6-8(3)11-10(5)12-9(4)7-2/h6-7H2,1-5H3. The molecule has 0 rings (SSSR count). The van der Waals surface area contributed by atoms with E-state index in [1.165, 1.54) is 0 Å². The van der Waals surface area contributed by atoms with Crippen molar-refractivity contribution in [2.75, 3.05) is 34.2 Å². The van der Waals surface area contributed by atoms with Gasteiger partial charge in [-0.3, -0.25) is 0 Å². The molecule has 0 aliphatic heterocycles. The van der Waals surface area contributed by atoms with Gasteiger partial charge in [-0.15, -0.1) is 0 Å². The van der Waals surface area contributed by atoms with Gasteiger partial charge in [0.2, 0.25) is 0 Å². The van der Waals surface area contributed by atoms with E-state index in [0.717, 1.165) is 13.1 Å². The van der Waals surface area contributed by atoms with Crippen molar-refractivity contribution in [3.63, 3.8) is 0 Å². The van der Waals surface area contributed by atoms with Crippen LogP contribution in [0.3, 0.4) is 0 Å². The van der Waals surface area contributed by atoms with Gasteiger partial charge < -0.3 is 0 Å². The van der Waals surface area contributed by atoms with Crippen molar-refractivity contribution in [3.8, 4) is 0 Å². The minimum absolute atomic E-state index is 1.06. The van der Waals surface area contributed by atoms with Crippen LogP contribution >= 0.6 is 24.3 Å². The summed E-state index contributed by atoms with van der Waals surface area (Å²) >= 11 is 3.46. The van der Waals surface area contributed by atoms with E-state index in [0.29, 0.717) is 0 Å². The van der Waals surface area contributed by atoms with Crippen LogP contribution in [0.2, 0.25) is 0 Å². The molecule has 74 valence electrons. The lowest BCUT2D eigenvalue weighted by Crippen LogP contribution is -2.19. The van der Waals surface area contributed by atoms with Crippen LogP contribution in [0.1, 0.15) is 13.8 Å². The maximum Gasteiger partial charge on any atom is 0.0205 e. The van der Waals surface area contributed by atoms with E-state index in [1.807, 2.05) is 0 Å². The highest BCUT2D eigenvalue weighted by molar-refractivity contribution is 8.09. The summed E-state index contributed by atoms with van der Waals surface area (Å²) in [6.07, 6.45) is 0. The summed E-state index contributed by atoms with van der Waals surface area (Å²) in [5.74, 6) is 0. The second-order valence-electron chi connectivity index (χ2n) is 2.49. The van der Waals surface area contributed by atoms with Gasteiger partial charge in [0.15, 0.2) is 0 Å². The van der Waals surface area contributed by atoms with Gasteiger partial charge in [0.05, 0.1) is 0 Å². The lowest BCUT2D eigenvalue weighted by atomic mass is 10.8. The number of nitrogens with zero attached hydrogens (tertiary/aromatic N) is 3. The molecule has 0 aliphatic rings. The van der Waals surface area contributed by atoms with Gasteiger partial charge in [0.1, 0.15) is 0 Å². The van der Waals surface area contributed by atoms with E-state index in [4.69, 9.17) is 0 Å². The van der Waals surface area contributed by atoms with Gasteiger partial charge in [0, 0.05) is 44.4 Å². The molecule has 0 aliphatic carbocycles. The van der Waals surface area contributed by atoms with Crippen molar-refractivity contribution in [2.45, 2.75) is 13.8 Å². The number of hydrogen-bond acceptors (Lipinski definition) is 5. The third kappa shape index (κ3) is 6.14. The SMILES string of the molecule is CCN(C)SN(C)SN(C)CC. The Morgan fingerprint density at radius 2 is 1.17 bits per heavy atom. The van der Waals surface area contributed by atoms with E-state index in [-0.39, 0.29) is 0 Å². The molecule has 0 spiro atoms. The molecule has 0 bridgehead atoms. The predicted molar refractivity (Wildman–Crippen MR) is 59.6 cm³/mol. The van der Waals surface area contributed by atoms with Crippen LogP contribution in [-0.2, 0) is 0 Å². The van der Waals surface area contributed by atoms with Crippen molar-refractivity contribution in [1.29, 1.82) is 0 Å². The Labute approximate surface area is 85.0 Å². The van der Waals surface area contributed by atoms with E-state index in [9.17, 15) is 0 Å². The first-order valence-corrected chi connectivity index (χ1v) is 5.58. The molecule has 0 aromatic carbocycles. The van der Waals surface area contributed by atoms with Crippen LogP contribution in [0.15, 0.2) is 0 Å². The summed E-state index contributed by atoms with van der Waals surface area (Å²) in [5.41, 5.74) is 0. The number of rotatable bonds is 6. The third-order valence-electron chi connectivity index (χ3n) is 1.40. The number of hydrogen-bond donors (Lipinski definition) is 0. The monoisotopic (exact) mass is 209 g/mol. The quantitative estimate of drug-likeness (QED) is 0.617. The fourth-order valence-electron chi connectivity index (χ4n) is 0.523. The minimum Gasteiger partial charge on any atom is -0.240 e. The molecule has 0 saturated heterocycles. The average molecular weight is 209 g/mol. The minimum atomic E-state index is 1.06. The van der Waals surface area contributed by atoms with Gasteiger partial charge in [-0.25, -0.2) is 8.61 Å². The third-order valence-corrected chi connectivity index (χ3v) is 3.33. The van der Waals surface area contributed by atoms with Gasteiger partial charge >= 0.3 is 0 Å². The zero-order chi connectivity index (χ0) is 9.56. The lowest BCUT2D eigenvalue weighted by Gasteiger charge is -2.23. The molecule has 0 amide bonds. The second-order valence-corrected chi connectivity index (χ2v) is 5.39. The van der Waals surface area contributed by atoms with Gasteiger partial charge in [-0.05, 0) is 14.1 Å². The van der Waals surface area contributed by atoms with Crippen molar-refractivity contribution in [2.24, 2.45) is 0 Å². The Balaban J connectivity index is 3.51. The summed E-state index contributed by atoms with van der Waals surface area (Å²) in [6, 6.07) is 0. The molecule has 0 saturated carbocycles. The lowest BCUT2D eigenvalue weighted by molar-refractivity contribution is 0.566. The molecule has 0 atom stereocenters. The molecule has 0 aromatic rings. The maximum atomic E-state index is 2.19. The van der Waals surface area contributed by atoms with E-state index >= 15 is 0 Å². The van der Waals surface area contributed by atoms with Crippen molar-refractivity contribution < 1.29 is 0 Å². The Hall–Kier alpha value is 0.580. The second kappa shape index (κ2) is 7.03. The fraction of sp³-hybridized carbons (Fsp3) is 1.00. The summed E-state index contributed by atoms with van der Waals surface area (Å²) < 4.78 is 6.53. The molecule has 12 heavy (non-hydrogen) atoms. The zero-order valence-corrected chi connectivity index (χ0v) is 10.2. The largest absolute Gasteiger partial charge is 0.240 e. The fourth-order valence-corrected chi connectivity index (χ4v) is 2.34. The Morgan fingerprint density at radius 1 is 0.833 bits per heavy atom. The highest BCUT2D eigenvalue weighted by Crippen LogP contribution is 2.22. The van der Waals surface area contributed by atoms with Crippen LogP contribution in [0.25, 0.3) is 0 Å². The van der Waals surface area contributed by atoms with E-state index < -0.39 is 0 Å². The molecule has 0 aromatic heterocycles. The smallest absolute Gasteiger partial charge is 0.0205 e. The summed E-state index contributed by atoms with van der Waals surface area (Å²) in [7, 11) is 6.26. The van der Waals surface area contributed by atoms with Gasteiger partial charge in [-0.2, -0.15) is 3.71 Å². The van der Waals surface area contributed by atoms with Crippen LogP contribution < -0.4 is 0 Å². The topological polar surface area (TPSA) is 9.72 Å². The predicted octanol–water partition coefficient (Wildman–Crippen LogP) is 1.95. The van der Waals surface area contributed by atoms with E-state index in [1.54, 1.807) is 24.3 Å². The first kappa shape index (κ1) is 12.6. The highest BCUT2D eigenvalue weighted by Gasteiger charge is 2.05. The molecule has 0 heterocycles. The first-order chi connectivity index (χ1) is 5.60. The Morgan fingerprint density at radius 3 is 1.42 bits per heavy atom. The van der Waals surface area contributed by atoms with Crippen LogP contribution in [0, 0.1) is 0 Å². The summed E-state index contributed by atoms with van der Waals surface area (Å²) in [5, 5.41) is 0. The molecule has 5 heteroatoms. The van der Waals surface area contributed by atoms with Gasteiger partial charge in [0.25, 0.3) is 0 Å². The van der Waals surface area contributed by atoms with Crippen molar-refractivity contribution in [3.05, 3.63) is 0 Å². The Kier molecular flexibility index (Phi) is 7.37. The van der Waals surface area contributed by atoms with Crippen LogP contribution in [-0.4, -0.2) is 46.6 Å². The maximum absolute atomic E-state index is 2.19. The summed E-state index contributed by atoms with van der Waals surface area (Å²) in [4.78, 5) is 0. The van der Waals surface area contributed by atoms with Crippen LogP contribution in [0.4, 0.5) is 0 Å². The summed E-state index contributed by atoms with van der Waals surface area (Å²) in [6.45, 7) is 6.42.